The minimum absolute atomic E-state index is 0. The summed E-state index contributed by atoms with van der Waals surface area (Å²) in [4.78, 5) is 36.8. The number of hydrogen-bond acceptors (Lipinski definition) is 8. The minimum Gasteiger partial charge on any atom is -0.756 e. The first-order chi connectivity index (χ1) is 16.7. The van der Waals surface area contributed by atoms with E-state index in [1.165, 1.54) is 51.4 Å². The van der Waals surface area contributed by atoms with Gasteiger partial charge in [0.2, 0.25) is 5.82 Å². The maximum absolute atomic E-state index is 13.5. The van der Waals surface area contributed by atoms with E-state index >= 15 is 0 Å². The maximum Gasteiger partial charge on any atom is 1.00 e. The summed E-state index contributed by atoms with van der Waals surface area (Å²) in [5, 5.41) is 10.1. The smallest absolute Gasteiger partial charge is 0.756 e. The van der Waals surface area contributed by atoms with Gasteiger partial charge in [0.05, 0.1) is 25.5 Å². The largest absolute Gasteiger partial charge is 1.00 e. The molecule has 0 radical (unpaired) electrons. The molecule has 2 heterocycles. The Labute approximate surface area is 233 Å². The zero-order valence-electron chi connectivity index (χ0n) is 21.5. The number of ether oxygens (including phenoxy) is 1. The van der Waals surface area contributed by atoms with Crippen LogP contribution in [0.2, 0.25) is 0 Å². The third-order valence-electron chi connectivity index (χ3n) is 6.08. The van der Waals surface area contributed by atoms with Crippen LogP contribution in [0.5, 0.6) is 0 Å². The molecule has 0 spiro atoms. The predicted octanol–water partition coefficient (Wildman–Crippen LogP) is 0.531. The summed E-state index contributed by atoms with van der Waals surface area (Å²) in [6.45, 7) is 1.71. The second-order valence-electron chi connectivity index (χ2n) is 9.04. The average Bonchev–Trinajstić information content (AvgIpc) is 3.18. The van der Waals surface area contributed by atoms with E-state index in [9.17, 15) is 28.5 Å². The fraction of sp³-hybridized carbons (Fsp3) is 0.826. The predicted molar refractivity (Wildman–Crippen MR) is 126 cm³/mol. The molecule has 0 saturated carbocycles. The number of phosphoric ester groups is 1. The molecular formula is C23H39FN2NaO8P. The molecule has 0 amide bonds. The average molecular weight is 545 g/mol. The number of nitrogens with zero attached hydrogens (tertiary/aromatic N) is 1. The fourth-order valence-electron chi connectivity index (χ4n) is 4.03. The van der Waals surface area contributed by atoms with Crippen LogP contribution in [0.3, 0.4) is 0 Å². The Morgan fingerprint density at radius 2 is 1.64 bits per heavy atom. The van der Waals surface area contributed by atoms with Crippen molar-refractivity contribution < 1.29 is 62.3 Å². The van der Waals surface area contributed by atoms with Gasteiger partial charge in [-0.05, 0) is 6.42 Å². The van der Waals surface area contributed by atoms with Gasteiger partial charge >= 0.3 is 35.2 Å². The van der Waals surface area contributed by atoms with Crippen molar-refractivity contribution in [1.82, 2.24) is 9.55 Å². The van der Waals surface area contributed by atoms with Gasteiger partial charge in [0, 0.05) is 6.42 Å². The quantitative estimate of drug-likeness (QED) is 0.155. The van der Waals surface area contributed by atoms with Crippen LogP contribution in [0.15, 0.2) is 15.8 Å². The monoisotopic (exact) mass is 544 g/mol. The van der Waals surface area contributed by atoms with E-state index < -0.39 is 49.9 Å². The Morgan fingerprint density at radius 1 is 1.08 bits per heavy atom. The van der Waals surface area contributed by atoms with Crippen LogP contribution in [-0.4, -0.2) is 40.1 Å². The van der Waals surface area contributed by atoms with Crippen molar-refractivity contribution in [2.75, 3.05) is 13.2 Å². The standard InChI is InChI=1S/C23H40FN2O8P.Na/c1-2-3-4-5-6-7-8-9-10-11-12-13-14-32-35(30,31)33-17-20-19(27)15-21(34-20)26-16-18(24)22(28)25-23(26)29;/h16,19-21,27H,2-15,17H2,1H3,(H,30,31)(H,25,28,29);/q;+1/p-1/t19-,20+,21+;/m0./s1. The summed E-state index contributed by atoms with van der Waals surface area (Å²) in [5.41, 5.74) is -2.07. The third-order valence-corrected chi connectivity index (χ3v) is 7.05. The maximum atomic E-state index is 13.5. The number of rotatable bonds is 18. The van der Waals surface area contributed by atoms with E-state index in [4.69, 9.17) is 13.8 Å². The normalized spacial score (nSPS) is 21.3. The van der Waals surface area contributed by atoms with E-state index in [0.29, 0.717) is 12.6 Å². The molecular weight excluding hydrogens is 505 g/mol. The number of unbranched alkanes of at least 4 members (excludes halogenated alkanes) is 11. The minimum atomic E-state index is -4.59. The molecule has 2 N–H and O–H groups in total. The van der Waals surface area contributed by atoms with Gasteiger partial charge in [0.15, 0.2) is 0 Å². The first-order valence-electron chi connectivity index (χ1n) is 12.7. The first kappa shape index (κ1) is 33.7. The molecule has 0 aromatic carbocycles. The van der Waals surface area contributed by atoms with Crippen molar-refractivity contribution in [2.45, 2.75) is 109 Å². The van der Waals surface area contributed by atoms with Gasteiger partial charge < -0.3 is 23.8 Å². The summed E-state index contributed by atoms with van der Waals surface area (Å²) in [7, 11) is -4.59. The topological polar surface area (TPSA) is 143 Å². The number of aliphatic hydroxyl groups excluding tert-OH is 1. The summed E-state index contributed by atoms with van der Waals surface area (Å²) >= 11 is 0. The third kappa shape index (κ3) is 12.5. The zero-order valence-corrected chi connectivity index (χ0v) is 24.4. The van der Waals surface area contributed by atoms with Crippen LogP contribution in [0.25, 0.3) is 0 Å². The van der Waals surface area contributed by atoms with Crippen LogP contribution in [0.1, 0.15) is 96.6 Å². The Bertz CT molecular complexity index is 915. The first-order valence-corrected chi connectivity index (χ1v) is 14.1. The van der Waals surface area contributed by atoms with E-state index in [1.807, 2.05) is 0 Å². The summed E-state index contributed by atoms with van der Waals surface area (Å²) in [5.74, 6) is -1.18. The van der Waals surface area contributed by atoms with Gasteiger partial charge in [-0.15, -0.1) is 0 Å². The number of nitrogens with one attached hydrogen (secondary N) is 1. The van der Waals surface area contributed by atoms with E-state index in [-0.39, 0.29) is 42.6 Å². The molecule has 1 unspecified atom stereocenters. The van der Waals surface area contributed by atoms with Crippen molar-refractivity contribution in [3.05, 3.63) is 32.9 Å². The summed E-state index contributed by atoms with van der Waals surface area (Å²) in [6, 6.07) is 0. The second kappa shape index (κ2) is 18.0. The zero-order chi connectivity index (χ0) is 25.7. The molecule has 1 aromatic rings. The number of aromatic amines is 1. The van der Waals surface area contributed by atoms with E-state index in [0.717, 1.165) is 23.8 Å². The van der Waals surface area contributed by atoms with Crippen LogP contribution in [-0.2, 0) is 18.3 Å². The summed E-state index contributed by atoms with van der Waals surface area (Å²) < 4.78 is 41.4. The SMILES string of the molecule is CCCCCCCCCCCCCCOP(=O)([O-])OC[C@H]1O[C@@H](n2cc(F)c(=O)[nH]c2=O)C[C@@H]1O.[Na+]. The molecule has 1 saturated heterocycles. The van der Waals surface area contributed by atoms with Crippen molar-refractivity contribution in [1.29, 1.82) is 0 Å². The number of hydrogen-bond donors (Lipinski definition) is 2. The molecule has 1 aliphatic rings. The number of halogens is 1. The molecule has 1 aromatic heterocycles. The molecule has 2 rings (SSSR count). The van der Waals surface area contributed by atoms with Gasteiger partial charge in [-0.25, -0.2) is 4.79 Å². The Kier molecular flexibility index (Phi) is 16.9. The van der Waals surface area contributed by atoms with E-state index in [2.05, 4.69) is 6.92 Å². The number of H-pyrrole nitrogens is 1. The van der Waals surface area contributed by atoms with Crippen LogP contribution in [0.4, 0.5) is 4.39 Å². The molecule has 4 atom stereocenters. The van der Waals surface area contributed by atoms with Crippen molar-refractivity contribution in [2.24, 2.45) is 0 Å². The van der Waals surface area contributed by atoms with Gasteiger partial charge in [-0.1, -0.05) is 77.6 Å². The number of phosphoric acid groups is 1. The van der Waals surface area contributed by atoms with Crippen molar-refractivity contribution in [3.8, 4) is 0 Å². The summed E-state index contributed by atoms with van der Waals surface area (Å²) in [6.07, 6.45) is 11.1. The Hall–Kier alpha value is -0.360. The van der Waals surface area contributed by atoms with Gasteiger partial charge in [0.25, 0.3) is 13.4 Å². The van der Waals surface area contributed by atoms with Gasteiger partial charge in [-0.2, -0.15) is 4.39 Å². The molecule has 1 fully saturated rings. The second-order valence-corrected chi connectivity index (χ2v) is 10.5. The molecule has 13 heteroatoms. The molecule has 10 nitrogen and oxygen atoms in total. The molecule has 1 aliphatic heterocycles. The van der Waals surface area contributed by atoms with Crippen LogP contribution < -0.4 is 45.7 Å². The fourth-order valence-corrected chi connectivity index (χ4v) is 4.79. The molecule has 0 bridgehead atoms. The van der Waals surface area contributed by atoms with Gasteiger partial charge in [-0.3, -0.25) is 18.9 Å². The van der Waals surface area contributed by atoms with E-state index in [1.54, 1.807) is 4.98 Å². The molecule has 202 valence electrons. The Morgan fingerprint density at radius 3 is 2.22 bits per heavy atom. The van der Waals surface area contributed by atoms with Crippen molar-refractivity contribution in [3.63, 3.8) is 0 Å². The molecule has 0 aliphatic carbocycles. The molecule has 36 heavy (non-hydrogen) atoms. The number of aromatic nitrogens is 2. The number of aliphatic hydroxyl groups is 1. The Balaban J connectivity index is 0.00000648. The van der Waals surface area contributed by atoms with Crippen LogP contribution in [0, 0.1) is 5.82 Å². The van der Waals surface area contributed by atoms with Crippen LogP contribution >= 0.6 is 7.82 Å². The van der Waals surface area contributed by atoms with Gasteiger partial charge in [0.1, 0.15) is 12.3 Å². The van der Waals surface area contributed by atoms with Crippen molar-refractivity contribution >= 4 is 7.82 Å².